The summed E-state index contributed by atoms with van der Waals surface area (Å²) in [6.07, 6.45) is 7.53. The Morgan fingerprint density at radius 3 is 1.68 bits per heavy atom. The van der Waals surface area contributed by atoms with Crippen molar-refractivity contribution in [2.75, 3.05) is 4.90 Å². The molecule has 7 aromatic rings. The first-order chi connectivity index (χ1) is 19.8. The summed E-state index contributed by atoms with van der Waals surface area (Å²) in [6.45, 7) is 0. The van der Waals surface area contributed by atoms with Gasteiger partial charge < -0.3 is 4.90 Å². The topological polar surface area (TPSA) is 41.9 Å². The van der Waals surface area contributed by atoms with Gasteiger partial charge in [0.1, 0.15) is 5.01 Å². The normalized spacial score (nSPS) is 11.0. The Morgan fingerprint density at radius 1 is 0.475 bits per heavy atom. The summed E-state index contributed by atoms with van der Waals surface area (Å²) < 4.78 is 1.17. The summed E-state index contributed by atoms with van der Waals surface area (Å²) in [6, 6.07) is 42.0. The van der Waals surface area contributed by atoms with Gasteiger partial charge in [-0.15, -0.1) is 11.3 Å². The summed E-state index contributed by atoms with van der Waals surface area (Å²) in [5.74, 6) is 0. The maximum Gasteiger partial charge on any atom is 0.125 e. The smallest absolute Gasteiger partial charge is 0.125 e. The molecule has 0 aliphatic carbocycles. The third-order valence-electron chi connectivity index (χ3n) is 6.92. The molecule has 0 atom stereocenters. The summed E-state index contributed by atoms with van der Waals surface area (Å²) in [5, 5.41) is 0.977. The van der Waals surface area contributed by atoms with E-state index in [1.807, 2.05) is 49.1 Å². The molecule has 4 aromatic carbocycles. The molecule has 190 valence electrons. The molecular formula is C35H24N4S. The van der Waals surface area contributed by atoms with E-state index in [0.717, 1.165) is 55.4 Å². The van der Waals surface area contributed by atoms with Gasteiger partial charge in [0.05, 0.1) is 10.2 Å². The van der Waals surface area contributed by atoms with Crippen molar-refractivity contribution in [3.8, 4) is 32.8 Å². The second-order valence-electron chi connectivity index (χ2n) is 9.38. The maximum atomic E-state index is 4.92. The van der Waals surface area contributed by atoms with Crippen LogP contribution in [0.25, 0.3) is 43.0 Å². The van der Waals surface area contributed by atoms with E-state index in [0.29, 0.717) is 0 Å². The highest BCUT2D eigenvalue weighted by Gasteiger charge is 2.17. The van der Waals surface area contributed by atoms with E-state index in [-0.39, 0.29) is 0 Å². The molecule has 3 aromatic heterocycles. The molecule has 40 heavy (non-hydrogen) atoms. The quantitative estimate of drug-likeness (QED) is 0.214. The standard InChI is InChI=1S/C35H24N4S/c1-3-9-26(10-4-1)39(27-11-5-2-6-12-27)28-17-15-25(16-18-28)29-19-21-36-23-31(29)32-24-37-22-20-30(32)35-38-33-13-7-8-14-34(33)40-35/h1-24H. The largest absolute Gasteiger partial charge is 0.311 e. The van der Waals surface area contributed by atoms with Gasteiger partial charge in [0, 0.05) is 58.5 Å². The van der Waals surface area contributed by atoms with Gasteiger partial charge in [-0.1, -0.05) is 60.7 Å². The molecule has 0 radical (unpaired) electrons. The fourth-order valence-corrected chi connectivity index (χ4v) is 6.04. The second kappa shape index (κ2) is 10.6. The van der Waals surface area contributed by atoms with Gasteiger partial charge in [-0.2, -0.15) is 0 Å². The number of para-hydroxylation sites is 3. The number of aromatic nitrogens is 3. The summed E-state index contributed by atoms with van der Waals surface area (Å²) >= 11 is 1.70. The van der Waals surface area contributed by atoms with Crippen molar-refractivity contribution in [1.29, 1.82) is 0 Å². The van der Waals surface area contributed by atoms with E-state index in [9.17, 15) is 0 Å². The molecule has 0 amide bonds. The third kappa shape index (κ3) is 4.53. The van der Waals surface area contributed by atoms with Crippen molar-refractivity contribution in [3.05, 3.63) is 146 Å². The number of pyridine rings is 2. The second-order valence-corrected chi connectivity index (χ2v) is 10.4. The lowest BCUT2D eigenvalue weighted by Crippen LogP contribution is -2.09. The first-order valence-electron chi connectivity index (χ1n) is 13.1. The zero-order valence-corrected chi connectivity index (χ0v) is 22.4. The van der Waals surface area contributed by atoms with E-state index >= 15 is 0 Å². The van der Waals surface area contributed by atoms with E-state index in [1.165, 1.54) is 4.70 Å². The number of nitrogens with zero attached hydrogens (tertiary/aromatic N) is 4. The van der Waals surface area contributed by atoms with E-state index < -0.39 is 0 Å². The summed E-state index contributed by atoms with van der Waals surface area (Å²) in [7, 11) is 0. The van der Waals surface area contributed by atoms with Gasteiger partial charge in [0.25, 0.3) is 0 Å². The first-order valence-corrected chi connectivity index (χ1v) is 13.9. The van der Waals surface area contributed by atoms with Gasteiger partial charge in [-0.05, 0) is 71.8 Å². The van der Waals surface area contributed by atoms with Gasteiger partial charge in [0.15, 0.2) is 0 Å². The van der Waals surface area contributed by atoms with Crippen LogP contribution in [0.4, 0.5) is 17.1 Å². The number of fused-ring (bicyclic) bond motifs is 1. The van der Waals surface area contributed by atoms with Crippen LogP contribution in [0.1, 0.15) is 0 Å². The third-order valence-corrected chi connectivity index (χ3v) is 7.99. The van der Waals surface area contributed by atoms with Crippen LogP contribution >= 0.6 is 11.3 Å². The Kier molecular flexibility index (Phi) is 6.32. The Labute approximate surface area is 236 Å². The number of rotatable bonds is 6. The summed E-state index contributed by atoms with van der Waals surface area (Å²) in [5.41, 5.74) is 9.64. The molecule has 0 spiro atoms. The van der Waals surface area contributed by atoms with Crippen LogP contribution in [-0.4, -0.2) is 15.0 Å². The molecule has 0 aliphatic heterocycles. The lowest BCUT2D eigenvalue weighted by atomic mass is 9.94. The average Bonchev–Trinajstić information content (AvgIpc) is 3.47. The number of hydrogen-bond donors (Lipinski definition) is 0. The van der Waals surface area contributed by atoms with E-state index in [4.69, 9.17) is 4.98 Å². The lowest BCUT2D eigenvalue weighted by molar-refractivity contribution is 1.28. The van der Waals surface area contributed by atoms with Crippen molar-refractivity contribution in [2.45, 2.75) is 0 Å². The Bertz CT molecular complexity index is 1830. The van der Waals surface area contributed by atoms with Gasteiger partial charge in [-0.25, -0.2) is 4.98 Å². The Balaban J connectivity index is 1.30. The van der Waals surface area contributed by atoms with Crippen LogP contribution in [0.3, 0.4) is 0 Å². The van der Waals surface area contributed by atoms with Crippen LogP contribution in [0.15, 0.2) is 146 Å². The number of thiazole rings is 1. The van der Waals surface area contributed by atoms with Crippen molar-refractivity contribution in [3.63, 3.8) is 0 Å². The Hall–Kier alpha value is -5.13. The fraction of sp³-hybridized carbons (Fsp3) is 0. The molecule has 0 saturated carbocycles. The number of anilines is 3. The van der Waals surface area contributed by atoms with Crippen molar-refractivity contribution in [2.24, 2.45) is 0 Å². The summed E-state index contributed by atoms with van der Waals surface area (Å²) in [4.78, 5) is 16.2. The molecule has 0 N–H and O–H groups in total. The van der Waals surface area contributed by atoms with Gasteiger partial charge in [0.2, 0.25) is 0 Å². The molecule has 0 bridgehead atoms. The lowest BCUT2D eigenvalue weighted by Gasteiger charge is -2.25. The minimum atomic E-state index is 0.977. The van der Waals surface area contributed by atoms with Crippen molar-refractivity contribution < 1.29 is 0 Å². The molecule has 0 saturated heterocycles. The number of hydrogen-bond acceptors (Lipinski definition) is 5. The van der Waals surface area contributed by atoms with Crippen LogP contribution in [0.2, 0.25) is 0 Å². The highest BCUT2D eigenvalue weighted by Crippen LogP contribution is 2.41. The first kappa shape index (κ1) is 23.9. The molecule has 0 unspecified atom stereocenters. The maximum absolute atomic E-state index is 4.92. The molecule has 7 rings (SSSR count). The molecule has 0 aliphatic rings. The minimum Gasteiger partial charge on any atom is -0.311 e. The van der Waals surface area contributed by atoms with Crippen molar-refractivity contribution >= 4 is 38.6 Å². The fourth-order valence-electron chi connectivity index (χ4n) is 5.04. The van der Waals surface area contributed by atoms with Crippen molar-refractivity contribution in [1.82, 2.24) is 15.0 Å². The Morgan fingerprint density at radius 2 is 1.02 bits per heavy atom. The molecular weight excluding hydrogens is 508 g/mol. The van der Waals surface area contributed by atoms with Crippen LogP contribution < -0.4 is 4.90 Å². The SMILES string of the molecule is c1ccc(N(c2ccccc2)c2ccc(-c3ccncc3-c3cnccc3-c3nc4ccccc4s3)cc2)cc1. The van der Waals surface area contributed by atoms with Crippen LogP contribution in [-0.2, 0) is 0 Å². The predicted molar refractivity (Wildman–Crippen MR) is 166 cm³/mol. The number of benzene rings is 4. The van der Waals surface area contributed by atoms with Gasteiger partial charge in [-0.3, -0.25) is 9.97 Å². The molecule has 0 fully saturated rings. The molecule has 4 nitrogen and oxygen atoms in total. The zero-order chi connectivity index (χ0) is 26.7. The van der Waals surface area contributed by atoms with E-state index in [1.54, 1.807) is 11.3 Å². The zero-order valence-electron chi connectivity index (χ0n) is 21.6. The van der Waals surface area contributed by atoms with E-state index in [2.05, 4.69) is 112 Å². The highest BCUT2D eigenvalue weighted by molar-refractivity contribution is 7.21. The average molecular weight is 533 g/mol. The molecule has 3 heterocycles. The van der Waals surface area contributed by atoms with Crippen LogP contribution in [0, 0.1) is 0 Å². The van der Waals surface area contributed by atoms with Gasteiger partial charge >= 0.3 is 0 Å². The minimum absolute atomic E-state index is 0.977. The predicted octanol–water partition coefficient (Wildman–Crippen LogP) is 9.56. The highest BCUT2D eigenvalue weighted by atomic mass is 32.1. The van der Waals surface area contributed by atoms with Crippen LogP contribution in [0.5, 0.6) is 0 Å². The monoisotopic (exact) mass is 532 g/mol. The molecule has 5 heteroatoms.